The van der Waals surface area contributed by atoms with E-state index < -0.39 is 6.10 Å². The Bertz CT molecular complexity index is 1310. The third-order valence-corrected chi connectivity index (χ3v) is 10.1. The van der Waals surface area contributed by atoms with Crippen LogP contribution in [-0.2, 0) is 28.6 Å². The minimum Gasteiger partial charge on any atom is -0.462 e. The molecule has 1 unspecified atom stereocenters. The van der Waals surface area contributed by atoms with Crippen LogP contribution in [-0.4, -0.2) is 37.2 Å². The summed E-state index contributed by atoms with van der Waals surface area (Å²) in [5, 5.41) is 0. The van der Waals surface area contributed by atoms with E-state index in [0.717, 1.165) is 116 Å². The third kappa shape index (κ3) is 47.1. The molecule has 0 amide bonds. The highest BCUT2D eigenvalue weighted by atomic mass is 16.6. The summed E-state index contributed by atoms with van der Waals surface area (Å²) in [7, 11) is 0. The van der Waals surface area contributed by atoms with Gasteiger partial charge in [-0.15, -0.1) is 0 Å². The second-order valence-corrected chi connectivity index (χ2v) is 16.0. The molecule has 0 spiro atoms. The van der Waals surface area contributed by atoms with Gasteiger partial charge in [-0.05, 0) is 103 Å². The second kappa shape index (κ2) is 49.7. The summed E-state index contributed by atoms with van der Waals surface area (Å²) in [5.74, 6) is -0.984. The molecular weight excluding hydrogens is 769 g/mol. The zero-order chi connectivity index (χ0) is 45.1. The number of hydrogen-bond donors (Lipinski definition) is 0. The molecule has 0 aromatic heterocycles. The van der Waals surface area contributed by atoms with Crippen molar-refractivity contribution in [3.63, 3.8) is 0 Å². The van der Waals surface area contributed by atoms with E-state index in [1.165, 1.54) is 51.4 Å². The minimum absolute atomic E-state index is 0.107. The fourth-order valence-electron chi connectivity index (χ4n) is 6.38. The van der Waals surface area contributed by atoms with Crippen molar-refractivity contribution in [3.05, 3.63) is 109 Å². The van der Waals surface area contributed by atoms with Gasteiger partial charge >= 0.3 is 17.9 Å². The quantitative estimate of drug-likeness (QED) is 0.0200. The Morgan fingerprint density at radius 3 is 1.19 bits per heavy atom. The van der Waals surface area contributed by atoms with Gasteiger partial charge in [-0.1, -0.05) is 194 Å². The standard InChI is InChI=1S/C56H90O6/c1-4-7-10-13-16-19-22-25-27-28-29-32-34-37-40-43-46-49-55(58)61-52-53(51-60-54(57)48-45-42-39-36-33-30-24-21-18-15-12-9-6-3)62-56(59)50-47-44-41-38-35-31-26-23-20-17-14-11-8-5-2/h8-9,11-12,15-21,24-27,30-31,33,53H,4-7,10,13-14,22-23,28-29,32,34-52H2,1-3H3/b11-8+,12-9+,18-15+,19-16+,20-17+,24-21+,27-25+,31-26+,33-30+. The van der Waals surface area contributed by atoms with Crippen molar-refractivity contribution in [2.75, 3.05) is 13.2 Å². The van der Waals surface area contributed by atoms with Gasteiger partial charge in [0.05, 0.1) is 0 Å². The van der Waals surface area contributed by atoms with Crippen LogP contribution in [0.4, 0.5) is 0 Å². The Kier molecular flexibility index (Phi) is 46.6. The van der Waals surface area contributed by atoms with Crippen LogP contribution in [0.5, 0.6) is 0 Å². The van der Waals surface area contributed by atoms with E-state index in [4.69, 9.17) is 14.2 Å². The zero-order valence-corrected chi connectivity index (χ0v) is 39.8. The molecule has 0 fully saturated rings. The van der Waals surface area contributed by atoms with Crippen LogP contribution >= 0.6 is 0 Å². The molecule has 0 heterocycles. The summed E-state index contributed by atoms with van der Waals surface area (Å²) in [6.45, 7) is 6.28. The molecular formula is C56H90O6. The smallest absolute Gasteiger partial charge is 0.306 e. The summed E-state index contributed by atoms with van der Waals surface area (Å²) in [5.41, 5.74) is 0. The molecule has 0 aliphatic carbocycles. The van der Waals surface area contributed by atoms with Gasteiger partial charge in [0.2, 0.25) is 0 Å². The summed E-state index contributed by atoms with van der Waals surface area (Å²) >= 11 is 0. The van der Waals surface area contributed by atoms with Gasteiger partial charge in [0.1, 0.15) is 13.2 Å². The zero-order valence-electron chi connectivity index (χ0n) is 39.8. The average Bonchev–Trinajstić information content (AvgIpc) is 3.27. The normalized spacial score (nSPS) is 13.0. The van der Waals surface area contributed by atoms with Gasteiger partial charge in [0.25, 0.3) is 0 Å². The summed E-state index contributed by atoms with van der Waals surface area (Å²) in [6, 6.07) is 0. The van der Waals surface area contributed by atoms with Gasteiger partial charge in [0, 0.05) is 19.3 Å². The van der Waals surface area contributed by atoms with Gasteiger partial charge < -0.3 is 14.2 Å². The van der Waals surface area contributed by atoms with Crippen LogP contribution in [0.15, 0.2) is 109 Å². The van der Waals surface area contributed by atoms with Gasteiger partial charge in [0.15, 0.2) is 6.10 Å². The molecule has 0 aromatic carbocycles. The molecule has 0 aliphatic rings. The monoisotopic (exact) mass is 859 g/mol. The number of hydrogen-bond acceptors (Lipinski definition) is 6. The Balaban J connectivity index is 4.49. The summed E-state index contributed by atoms with van der Waals surface area (Å²) in [6.07, 6.45) is 66.4. The van der Waals surface area contributed by atoms with Crippen LogP contribution < -0.4 is 0 Å². The molecule has 0 aromatic rings. The number of rotatable bonds is 43. The lowest BCUT2D eigenvalue weighted by molar-refractivity contribution is -0.167. The molecule has 62 heavy (non-hydrogen) atoms. The number of allylic oxidation sites excluding steroid dienone is 18. The fraction of sp³-hybridized carbons (Fsp3) is 0.625. The molecule has 0 saturated carbocycles. The average molecular weight is 859 g/mol. The molecule has 6 nitrogen and oxygen atoms in total. The van der Waals surface area contributed by atoms with Crippen molar-refractivity contribution in [2.24, 2.45) is 0 Å². The van der Waals surface area contributed by atoms with Crippen molar-refractivity contribution < 1.29 is 28.6 Å². The number of carbonyl (C=O) groups excluding carboxylic acids is 3. The fourth-order valence-corrected chi connectivity index (χ4v) is 6.38. The Morgan fingerprint density at radius 1 is 0.355 bits per heavy atom. The highest BCUT2D eigenvalue weighted by molar-refractivity contribution is 5.71. The summed E-state index contributed by atoms with van der Waals surface area (Å²) < 4.78 is 16.7. The Morgan fingerprint density at radius 2 is 0.710 bits per heavy atom. The molecule has 0 rings (SSSR count). The first-order valence-corrected chi connectivity index (χ1v) is 24.9. The molecule has 1 atom stereocenters. The van der Waals surface area contributed by atoms with E-state index in [1.807, 2.05) is 36.5 Å². The van der Waals surface area contributed by atoms with E-state index in [0.29, 0.717) is 12.8 Å². The molecule has 6 heteroatoms. The van der Waals surface area contributed by atoms with Gasteiger partial charge in [-0.2, -0.15) is 0 Å². The molecule has 0 radical (unpaired) electrons. The second-order valence-electron chi connectivity index (χ2n) is 16.0. The lowest BCUT2D eigenvalue weighted by Crippen LogP contribution is -2.30. The van der Waals surface area contributed by atoms with Crippen LogP contribution in [0.3, 0.4) is 0 Å². The SMILES string of the molecule is CC/C=C/C=C/C=C/C=C/CCCCCC(=O)OCC(COC(=O)CCCCCCCCC/C=C/C/C=C/CCCCC)OC(=O)CCCCCC/C=C/C/C=C/C/C=C/CC. The number of carbonyl (C=O) groups is 3. The van der Waals surface area contributed by atoms with E-state index in [9.17, 15) is 14.4 Å². The predicted octanol–water partition coefficient (Wildman–Crippen LogP) is 16.4. The van der Waals surface area contributed by atoms with Crippen LogP contribution in [0, 0.1) is 0 Å². The Labute approximate surface area is 380 Å². The highest BCUT2D eigenvalue weighted by Crippen LogP contribution is 2.13. The largest absolute Gasteiger partial charge is 0.462 e. The maximum atomic E-state index is 12.8. The first-order chi connectivity index (χ1) is 30.5. The van der Waals surface area contributed by atoms with Crippen molar-refractivity contribution in [3.8, 4) is 0 Å². The van der Waals surface area contributed by atoms with Gasteiger partial charge in [-0.25, -0.2) is 0 Å². The molecule has 350 valence electrons. The number of unbranched alkanes of at least 4 members (excludes halogenated alkanes) is 17. The summed E-state index contributed by atoms with van der Waals surface area (Å²) in [4.78, 5) is 37.9. The lowest BCUT2D eigenvalue weighted by atomic mass is 10.1. The van der Waals surface area contributed by atoms with E-state index in [2.05, 4.69) is 93.7 Å². The number of ether oxygens (including phenoxy) is 3. The first kappa shape index (κ1) is 58.1. The van der Waals surface area contributed by atoms with Gasteiger partial charge in [-0.3, -0.25) is 14.4 Å². The van der Waals surface area contributed by atoms with Crippen LogP contribution in [0.2, 0.25) is 0 Å². The van der Waals surface area contributed by atoms with Crippen LogP contribution in [0.1, 0.15) is 207 Å². The predicted molar refractivity (Wildman–Crippen MR) is 265 cm³/mol. The molecule has 0 saturated heterocycles. The third-order valence-electron chi connectivity index (χ3n) is 10.1. The lowest BCUT2D eigenvalue weighted by Gasteiger charge is -2.18. The van der Waals surface area contributed by atoms with Crippen molar-refractivity contribution in [1.82, 2.24) is 0 Å². The van der Waals surface area contributed by atoms with Crippen molar-refractivity contribution in [2.45, 2.75) is 213 Å². The topological polar surface area (TPSA) is 78.9 Å². The first-order valence-electron chi connectivity index (χ1n) is 24.9. The maximum absolute atomic E-state index is 12.8. The Hall–Kier alpha value is -3.93. The van der Waals surface area contributed by atoms with Crippen LogP contribution in [0.25, 0.3) is 0 Å². The highest BCUT2D eigenvalue weighted by Gasteiger charge is 2.19. The molecule has 0 aliphatic heterocycles. The minimum atomic E-state index is -0.810. The maximum Gasteiger partial charge on any atom is 0.306 e. The van der Waals surface area contributed by atoms with E-state index in [1.54, 1.807) is 0 Å². The van der Waals surface area contributed by atoms with Crippen molar-refractivity contribution in [1.29, 1.82) is 0 Å². The van der Waals surface area contributed by atoms with Crippen molar-refractivity contribution >= 4 is 17.9 Å². The van der Waals surface area contributed by atoms with E-state index in [-0.39, 0.29) is 37.5 Å². The molecule has 0 N–H and O–H groups in total. The van der Waals surface area contributed by atoms with E-state index >= 15 is 0 Å². The number of esters is 3. The molecule has 0 bridgehead atoms.